The van der Waals surface area contributed by atoms with Crippen LogP contribution >= 0.6 is 0 Å². The van der Waals surface area contributed by atoms with E-state index in [9.17, 15) is 24.3 Å². The van der Waals surface area contributed by atoms with Crippen LogP contribution in [0.1, 0.15) is 58.4 Å². The second-order valence-electron chi connectivity index (χ2n) is 13.0. The van der Waals surface area contributed by atoms with E-state index in [4.69, 9.17) is 15.2 Å². The molecular weight excluding hydrogens is 522 g/mol. The van der Waals surface area contributed by atoms with Crippen LogP contribution in [0.25, 0.3) is 0 Å². The molecule has 0 aromatic heterocycles. The molecule has 0 spiro atoms. The minimum Gasteiger partial charge on any atom is -0.460 e. The molecule has 220 valence electrons. The number of esters is 2. The predicted octanol–water partition coefficient (Wildman–Crippen LogP) is 3.70. The maximum Gasteiger partial charge on any atom is 0.323 e. The Balaban J connectivity index is 1.19. The summed E-state index contributed by atoms with van der Waals surface area (Å²) in [6.07, 6.45) is 7.39. The fourth-order valence-corrected chi connectivity index (χ4v) is 8.78. The largest absolute Gasteiger partial charge is 0.460 e. The van der Waals surface area contributed by atoms with Gasteiger partial charge < -0.3 is 20.3 Å². The molecule has 0 bridgehead atoms. The van der Waals surface area contributed by atoms with Crippen LogP contribution in [-0.4, -0.2) is 47.4 Å². The van der Waals surface area contributed by atoms with Crippen molar-refractivity contribution in [2.24, 2.45) is 46.2 Å². The quantitative estimate of drug-likeness (QED) is 0.458. The average molecular weight is 564 g/mol. The molecule has 3 saturated carbocycles. The lowest BCUT2D eigenvalue weighted by molar-refractivity contribution is -0.157. The summed E-state index contributed by atoms with van der Waals surface area (Å²) >= 11 is 0. The molecule has 0 radical (unpaired) electrons. The van der Waals surface area contributed by atoms with Gasteiger partial charge in [-0.15, -0.1) is 0 Å². The zero-order chi connectivity index (χ0) is 29.5. The van der Waals surface area contributed by atoms with Crippen molar-refractivity contribution in [3.63, 3.8) is 0 Å². The highest BCUT2D eigenvalue weighted by Crippen LogP contribution is 2.67. The summed E-state index contributed by atoms with van der Waals surface area (Å²) in [4.78, 5) is 50.3. The van der Waals surface area contributed by atoms with Gasteiger partial charge in [-0.05, 0) is 66.6 Å². The molecule has 41 heavy (non-hydrogen) atoms. The first-order valence-corrected chi connectivity index (χ1v) is 14.7. The molecule has 4 aliphatic rings. The van der Waals surface area contributed by atoms with Gasteiger partial charge in [-0.2, -0.15) is 0 Å². The van der Waals surface area contributed by atoms with E-state index in [2.05, 4.69) is 20.8 Å². The van der Waals surface area contributed by atoms with Crippen LogP contribution < -0.4 is 5.73 Å². The van der Waals surface area contributed by atoms with E-state index in [0.717, 1.165) is 30.4 Å². The summed E-state index contributed by atoms with van der Waals surface area (Å²) in [7, 11) is 0. The number of rotatable bonds is 8. The standard InChI is InChI=1S/C33H41NO7/c1-19-13-24-23-10-9-21-14-22(35)11-12-32(21,2)30(23)26(36)16-33(24,3)29(19)27(37)18-40-28(38)15-25(34)31(39)41-17-20-7-5-4-6-8-20/h4-8,11-12,14,19,23-26,29-30,36H,9-10,13,15-18,34H2,1-3H3/t19-,23+,24?,25+,26+,29-,30?,32+,33+/m1/s1. The Kier molecular flexibility index (Phi) is 8.09. The Morgan fingerprint density at radius 1 is 1.15 bits per heavy atom. The lowest BCUT2D eigenvalue weighted by Crippen LogP contribution is -2.56. The fraction of sp³-hybridized carbons (Fsp3) is 0.576. The van der Waals surface area contributed by atoms with E-state index in [1.54, 1.807) is 12.2 Å². The molecule has 0 aliphatic heterocycles. The molecule has 8 heteroatoms. The van der Waals surface area contributed by atoms with Crippen molar-refractivity contribution in [1.82, 2.24) is 0 Å². The molecule has 0 heterocycles. The normalized spacial score (nSPS) is 36.3. The molecule has 4 aliphatic carbocycles. The van der Waals surface area contributed by atoms with Gasteiger partial charge in [-0.1, -0.05) is 62.8 Å². The average Bonchev–Trinajstić information content (AvgIpc) is 3.20. The molecule has 1 aromatic carbocycles. The van der Waals surface area contributed by atoms with Crippen molar-refractivity contribution in [1.29, 1.82) is 0 Å². The van der Waals surface area contributed by atoms with Crippen molar-refractivity contribution in [3.8, 4) is 0 Å². The maximum atomic E-state index is 13.6. The van der Waals surface area contributed by atoms with Crippen molar-refractivity contribution in [2.75, 3.05) is 6.61 Å². The topological polar surface area (TPSA) is 133 Å². The van der Waals surface area contributed by atoms with Crippen LogP contribution in [-0.2, 0) is 35.3 Å². The number of hydrogen-bond acceptors (Lipinski definition) is 8. The highest BCUT2D eigenvalue weighted by Gasteiger charge is 2.64. The molecule has 1 aromatic rings. The zero-order valence-corrected chi connectivity index (χ0v) is 24.1. The molecule has 5 rings (SSSR count). The van der Waals surface area contributed by atoms with E-state index in [-0.39, 0.29) is 66.2 Å². The van der Waals surface area contributed by atoms with Crippen molar-refractivity contribution in [3.05, 3.63) is 59.7 Å². The Bertz CT molecular complexity index is 1270. The first-order valence-electron chi connectivity index (χ1n) is 14.7. The third-order valence-electron chi connectivity index (χ3n) is 10.5. The summed E-state index contributed by atoms with van der Waals surface area (Å²) in [6.45, 7) is 5.98. The number of aliphatic hydroxyl groups excluding tert-OH is 1. The molecule has 8 nitrogen and oxygen atoms in total. The molecule has 3 fully saturated rings. The number of aliphatic hydroxyl groups is 1. The smallest absolute Gasteiger partial charge is 0.323 e. The number of ether oxygens (including phenoxy) is 2. The van der Waals surface area contributed by atoms with E-state index in [1.807, 2.05) is 36.4 Å². The summed E-state index contributed by atoms with van der Waals surface area (Å²) in [5, 5.41) is 11.6. The van der Waals surface area contributed by atoms with Crippen LogP contribution in [0.15, 0.2) is 54.1 Å². The van der Waals surface area contributed by atoms with Gasteiger partial charge in [-0.3, -0.25) is 19.2 Å². The number of Topliss-reactive ketones (excluding diaryl/α,β-unsaturated/α-hetero) is 1. The van der Waals surface area contributed by atoms with Crippen LogP contribution in [0.4, 0.5) is 0 Å². The van der Waals surface area contributed by atoms with Gasteiger partial charge in [0.1, 0.15) is 19.3 Å². The van der Waals surface area contributed by atoms with Gasteiger partial charge in [-0.25, -0.2) is 0 Å². The van der Waals surface area contributed by atoms with Gasteiger partial charge >= 0.3 is 11.9 Å². The van der Waals surface area contributed by atoms with Crippen LogP contribution in [0.5, 0.6) is 0 Å². The number of nitrogens with two attached hydrogens (primary N) is 1. The molecule has 2 unspecified atom stereocenters. The summed E-state index contributed by atoms with van der Waals surface area (Å²) < 4.78 is 10.5. The Hall–Kier alpha value is -3.10. The molecule has 9 atom stereocenters. The number of carbonyl (C=O) groups excluding carboxylic acids is 4. The number of ketones is 2. The Labute approximate surface area is 241 Å². The highest BCUT2D eigenvalue weighted by molar-refractivity contribution is 6.01. The summed E-state index contributed by atoms with van der Waals surface area (Å²) in [6, 6.07) is 7.97. The minimum atomic E-state index is -1.19. The molecule has 0 amide bonds. The van der Waals surface area contributed by atoms with Gasteiger partial charge in [0, 0.05) is 17.3 Å². The lowest BCUT2D eigenvalue weighted by Gasteiger charge is -2.58. The SMILES string of the molecule is C[C@@H]1CC2[C@@H]3CCC4=CC(=O)C=C[C@]4(C)C3[C@@H](O)C[C@]2(C)[C@H]1C(=O)COC(=O)C[C@H](N)C(=O)OCc1ccccc1. The van der Waals surface area contributed by atoms with Crippen molar-refractivity contribution >= 4 is 23.5 Å². The maximum absolute atomic E-state index is 13.6. The van der Waals surface area contributed by atoms with Gasteiger partial charge in [0.2, 0.25) is 0 Å². The first kappa shape index (κ1) is 29.4. The van der Waals surface area contributed by atoms with Crippen molar-refractivity contribution < 1.29 is 33.8 Å². The third-order valence-corrected chi connectivity index (χ3v) is 10.5. The fourth-order valence-electron chi connectivity index (χ4n) is 8.78. The van der Waals surface area contributed by atoms with Crippen LogP contribution in [0.2, 0.25) is 0 Å². The molecular formula is C33H41NO7. The lowest BCUT2D eigenvalue weighted by atomic mass is 9.46. The zero-order valence-electron chi connectivity index (χ0n) is 24.1. The number of fused-ring (bicyclic) bond motifs is 5. The van der Waals surface area contributed by atoms with E-state index in [0.29, 0.717) is 6.42 Å². The Morgan fingerprint density at radius 2 is 1.88 bits per heavy atom. The number of carbonyl (C=O) groups is 4. The third kappa shape index (κ3) is 5.44. The van der Waals surface area contributed by atoms with E-state index >= 15 is 0 Å². The first-order chi connectivity index (χ1) is 19.4. The number of hydrogen-bond donors (Lipinski definition) is 2. The number of allylic oxidation sites excluding steroid dienone is 4. The monoisotopic (exact) mass is 563 g/mol. The van der Waals surface area contributed by atoms with Crippen LogP contribution in [0.3, 0.4) is 0 Å². The number of benzene rings is 1. The van der Waals surface area contributed by atoms with Crippen molar-refractivity contribution in [2.45, 2.75) is 71.6 Å². The second kappa shape index (κ2) is 11.3. The highest BCUT2D eigenvalue weighted by atomic mass is 16.5. The Morgan fingerprint density at radius 3 is 2.61 bits per heavy atom. The van der Waals surface area contributed by atoms with Gasteiger partial charge in [0.25, 0.3) is 0 Å². The van der Waals surface area contributed by atoms with E-state index < -0.39 is 29.5 Å². The second-order valence-corrected chi connectivity index (χ2v) is 13.0. The summed E-state index contributed by atoms with van der Waals surface area (Å²) in [5.74, 6) is -1.40. The predicted molar refractivity (Wildman–Crippen MR) is 151 cm³/mol. The van der Waals surface area contributed by atoms with Crippen LogP contribution in [0, 0.1) is 40.4 Å². The molecule has 3 N–H and O–H groups in total. The van der Waals surface area contributed by atoms with Gasteiger partial charge in [0.05, 0.1) is 12.5 Å². The summed E-state index contributed by atoms with van der Waals surface area (Å²) in [5.41, 5.74) is 6.99. The van der Waals surface area contributed by atoms with E-state index in [1.165, 1.54) is 0 Å². The van der Waals surface area contributed by atoms with Gasteiger partial charge in [0.15, 0.2) is 11.6 Å². The minimum absolute atomic E-state index is 0.00536. The molecule has 0 saturated heterocycles.